The molecule has 0 heterocycles. The molecule has 6 heteroatoms. The van der Waals surface area contributed by atoms with E-state index in [2.05, 4.69) is 38.2 Å². The SMILES string of the molecule is CCCCC/C=C\C/C=C\C/C=C\C=C\[C@@H](O)CCCC(=O)OC[C@H](CO)OC(=O)CCCCCCCCCCCCCCCC. The fraction of sp³-hybridized carbons (Fsp3) is 0.750. The van der Waals surface area contributed by atoms with Crippen molar-refractivity contribution in [1.82, 2.24) is 0 Å². The highest BCUT2D eigenvalue weighted by Gasteiger charge is 2.16. The molecule has 0 bridgehead atoms. The Morgan fingerprint density at radius 2 is 1.13 bits per heavy atom. The molecular formula is C40H70O6. The van der Waals surface area contributed by atoms with Gasteiger partial charge in [0, 0.05) is 12.8 Å². The molecule has 0 saturated carbocycles. The molecular weight excluding hydrogens is 576 g/mol. The normalized spacial score (nSPS) is 13.4. The quantitative estimate of drug-likeness (QED) is 0.0319. The number of aliphatic hydroxyl groups excluding tert-OH is 2. The maximum atomic E-state index is 12.1. The third kappa shape index (κ3) is 33.2. The Morgan fingerprint density at radius 1 is 0.609 bits per heavy atom. The molecule has 0 saturated heterocycles. The first kappa shape index (κ1) is 43.8. The van der Waals surface area contributed by atoms with Crippen LogP contribution >= 0.6 is 0 Å². The monoisotopic (exact) mass is 647 g/mol. The highest BCUT2D eigenvalue weighted by molar-refractivity contribution is 5.70. The van der Waals surface area contributed by atoms with Crippen molar-refractivity contribution in [1.29, 1.82) is 0 Å². The smallest absolute Gasteiger partial charge is 0.306 e. The van der Waals surface area contributed by atoms with E-state index in [0.717, 1.165) is 38.5 Å². The van der Waals surface area contributed by atoms with Crippen LogP contribution in [-0.4, -0.2) is 47.6 Å². The standard InChI is InChI=1S/C40H70O6/c1-3-5-7-9-11-13-15-17-19-21-23-25-27-29-33-40(44)46-38(35-41)36-45-39(43)34-30-32-37(42)31-28-26-24-22-20-18-16-14-12-10-8-6-4-2/h12,14,18,20,24,26,28,31,37-38,41-42H,3-11,13,15-17,19,21-23,25,27,29-30,32-36H2,1-2H3/b14-12-,20-18-,26-24-,31-28+/t37-,38+/m1/s1. The molecule has 0 aromatic carbocycles. The molecule has 0 rings (SSSR count). The molecule has 0 aliphatic carbocycles. The lowest BCUT2D eigenvalue weighted by molar-refractivity contribution is -0.161. The van der Waals surface area contributed by atoms with Crippen LogP contribution in [0.3, 0.4) is 0 Å². The lowest BCUT2D eigenvalue weighted by atomic mass is 10.0. The number of allylic oxidation sites excluding steroid dienone is 7. The minimum atomic E-state index is -0.842. The van der Waals surface area contributed by atoms with Gasteiger partial charge in [-0.1, -0.05) is 159 Å². The Labute approximate surface area is 282 Å². The summed E-state index contributed by atoms with van der Waals surface area (Å²) in [4.78, 5) is 24.2. The fourth-order valence-corrected chi connectivity index (χ4v) is 5.07. The Kier molecular flexibility index (Phi) is 34.0. The molecule has 0 aliphatic rings. The van der Waals surface area contributed by atoms with Crippen molar-refractivity contribution in [3.63, 3.8) is 0 Å². The van der Waals surface area contributed by atoms with Gasteiger partial charge in [-0.05, 0) is 44.9 Å². The molecule has 0 aromatic heterocycles. The summed E-state index contributed by atoms with van der Waals surface area (Å²) in [6.45, 7) is 3.93. The van der Waals surface area contributed by atoms with Gasteiger partial charge >= 0.3 is 11.9 Å². The van der Waals surface area contributed by atoms with Gasteiger partial charge in [0.15, 0.2) is 6.10 Å². The second-order valence-corrected chi connectivity index (χ2v) is 12.5. The van der Waals surface area contributed by atoms with E-state index >= 15 is 0 Å². The van der Waals surface area contributed by atoms with Crippen LogP contribution in [0.5, 0.6) is 0 Å². The zero-order valence-electron chi connectivity index (χ0n) is 29.7. The number of esters is 2. The maximum absolute atomic E-state index is 12.1. The van der Waals surface area contributed by atoms with Gasteiger partial charge in [0.1, 0.15) is 6.61 Å². The first-order valence-electron chi connectivity index (χ1n) is 18.8. The number of unbranched alkanes of at least 4 members (excludes halogenated alkanes) is 16. The topological polar surface area (TPSA) is 93.1 Å². The van der Waals surface area contributed by atoms with Gasteiger partial charge in [-0.3, -0.25) is 9.59 Å². The van der Waals surface area contributed by atoms with E-state index in [0.29, 0.717) is 19.3 Å². The largest absolute Gasteiger partial charge is 0.462 e. The summed E-state index contributed by atoms with van der Waals surface area (Å²) in [7, 11) is 0. The molecule has 0 amide bonds. The summed E-state index contributed by atoms with van der Waals surface area (Å²) in [5, 5.41) is 19.6. The summed E-state index contributed by atoms with van der Waals surface area (Å²) in [6, 6.07) is 0. The van der Waals surface area contributed by atoms with Gasteiger partial charge < -0.3 is 19.7 Å². The number of ether oxygens (including phenoxy) is 2. The summed E-state index contributed by atoms with van der Waals surface area (Å²) in [5.41, 5.74) is 0. The lowest BCUT2D eigenvalue weighted by Gasteiger charge is -2.16. The van der Waals surface area contributed by atoms with E-state index in [4.69, 9.17) is 9.47 Å². The third-order valence-electron chi connectivity index (χ3n) is 7.98. The summed E-state index contributed by atoms with van der Waals surface area (Å²) in [6.07, 6.45) is 40.5. The van der Waals surface area contributed by atoms with Crippen molar-refractivity contribution in [2.45, 2.75) is 180 Å². The predicted octanol–water partition coefficient (Wildman–Crippen LogP) is 10.4. The second kappa shape index (κ2) is 35.7. The molecule has 0 unspecified atom stereocenters. The van der Waals surface area contributed by atoms with Crippen LogP contribution < -0.4 is 0 Å². The maximum Gasteiger partial charge on any atom is 0.306 e. The second-order valence-electron chi connectivity index (χ2n) is 12.5. The van der Waals surface area contributed by atoms with Crippen molar-refractivity contribution in [3.05, 3.63) is 48.6 Å². The van der Waals surface area contributed by atoms with Crippen molar-refractivity contribution in [2.24, 2.45) is 0 Å². The van der Waals surface area contributed by atoms with E-state index in [9.17, 15) is 19.8 Å². The van der Waals surface area contributed by atoms with Gasteiger partial charge in [0.25, 0.3) is 0 Å². The minimum Gasteiger partial charge on any atom is -0.462 e. The number of hydrogen-bond acceptors (Lipinski definition) is 6. The summed E-state index contributed by atoms with van der Waals surface area (Å²) < 4.78 is 10.5. The van der Waals surface area contributed by atoms with Crippen LogP contribution in [0.15, 0.2) is 48.6 Å². The van der Waals surface area contributed by atoms with E-state index in [-0.39, 0.29) is 25.6 Å². The first-order valence-corrected chi connectivity index (χ1v) is 18.8. The van der Waals surface area contributed by atoms with Crippen molar-refractivity contribution >= 4 is 11.9 Å². The molecule has 0 aromatic rings. The predicted molar refractivity (Wildman–Crippen MR) is 193 cm³/mol. The van der Waals surface area contributed by atoms with Crippen molar-refractivity contribution in [2.75, 3.05) is 13.2 Å². The van der Waals surface area contributed by atoms with E-state index < -0.39 is 18.2 Å². The minimum absolute atomic E-state index is 0.156. The van der Waals surface area contributed by atoms with Gasteiger partial charge in [-0.25, -0.2) is 0 Å². The molecule has 6 nitrogen and oxygen atoms in total. The third-order valence-corrected chi connectivity index (χ3v) is 7.98. The lowest BCUT2D eigenvalue weighted by Crippen LogP contribution is -2.28. The highest BCUT2D eigenvalue weighted by atomic mass is 16.6. The van der Waals surface area contributed by atoms with Gasteiger partial charge in [-0.15, -0.1) is 0 Å². The summed E-state index contributed by atoms with van der Waals surface area (Å²) in [5.74, 6) is -0.792. The molecule has 0 radical (unpaired) electrons. The Morgan fingerprint density at radius 3 is 1.74 bits per heavy atom. The van der Waals surface area contributed by atoms with Crippen LogP contribution in [0.25, 0.3) is 0 Å². The highest BCUT2D eigenvalue weighted by Crippen LogP contribution is 2.14. The first-order chi connectivity index (χ1) is 22.5. The Balaban J connectivity index is 3.78. The molecule has 0 spiro atoms. The molecule has 266 valence electrons. The van der Waals surface area contributed by atoms with Crippen LogP contribution in [0, 0.1) is 0 Å². The molecule has 0 fully saturated rings. The number of carbonyl (C=O) groups is 2. The zero-order valence-corrected chi connectivity index (χ0v) is 29.7. The number of rotatable bonds is 33. The van der Waals surface area contributed by atoms with Crippen molar-refractivity contribution < 1.29 is 29.3 Å². The average Bonchev–Trinajstić information content (AvgIpc) is 3.05. The van der Waals surface area contributed by atoms with Gasteiger partial charge in [0.2, 0.25) is 0 Å². The molecule has 2 N–H and O–H groups in total. The van der Waals surface area contributed by atoms with E-state index in [1.54, 1.807) is 6.08 Å². The van der Waals surface area contributed by atoms with Crippen LogP contribution in [0.2, 0.25) is 0 Å². The fourth-order valence-electron chi connectivity index (χ4n) is 5.07. The Bertz CT molecular complexity index is 800. The summed E-state index contributed by atoms with van der Waals surface area (Å²) >= 11 is 0. The number of hydrogen-bond donors (Lipinski definition) is 2. The van der Waals surface area contributed by atoms with Gasteiger partial charge in [0.05, 0.1) is 12.7 Å². The Hall–Kier alpha value is -2.18. The van der Waals surface area contributed by atoms with E-state index in [1.165, 1.54) is 89.9 Å². The van der Waals surface area contributed by atoms with E-state index in [1.807, 2.05) is 18.2 Å². The number of aliphatic hydroxyl groups is 2. The zero-order chi connectivity index (χ0) is 33.8. The molecule has 2 atom stereocenters. The average molecular weight is 647 g/mol. The van der Waals surface area contributed by atoms with Crippen molar-refractivity contribution in [3.8, 4) is 0 Å². The molecule has 0 aliphatic heterocycles. The number of carbonyl (C=O) groups excluding carboxylic acids is 2. The van der Waals surface area contributed by atoms with Crippen LogP contribution in [0.4, 0.5) is 0 Å². The molecule has 46 heavy (non-hydrogen) atoms. The van der Waals surface area contributed by atoms with Crippen LogP contribution in [-0.2, 0) is 19.1 Å². The van der Waals surface area contributed by atoms with Gasteiger partial charge in [-0.2, -0.15) is 0 Å². The van der Waals surface area contributed by atoms with Crippen LogP contribution in [0.1, 0.15) is 168 Å².